The van der Waals surface area contributed by atoms with Crippen LogP contribution in [0.15, 0.2) is 0 Å². The van der Waals surface area contributed by atoms with Gasteiger partial charge < -0.3 is 4.90 Å². The molecule has 12 heavy (non-hydrogen) atoms. The predicted octanol–water partition coefficient (Wildman–Crippen LogP) is 2.29. The number of carbonyl (C=O) groups excluding carboxylic acids is 1. The average Bonchev–Trinajstić information content (AvgIpc) is 2.49. The zero-order valence-electron chi connectivity index (χ0n) is 8.76. The number of hydrogen-bond acceptors (Lipinski definition) is 1. The van der Waals surface area contributed by atoms with Gasteiger partial charge in [-0.3, -0.25) is 4.79 Å². The number of rotatable bonds is 2. The Bertz CT molecular complexity index is 134. The first-order valence-electron chi connectivity index (χ1n) is 5.05. The molecule has 1 atom stereocenters. The van der Waals surface area contributed by atoms with E-state index in [-0.39, 0.29) is 0 Å². The SMILES string of the molecule is CC.CCC1CC(=O)N(CC)C1. The van der Waals surface area contributed by atoms with E-state index in [1.807, 2.05) is 25.7 Å². The summed E-state index contributed by atoms with van der Waals surface area (Å²) in [6, 6.07) is 0. The maximum absolute atomic E-state index is 11.1. The molecular weight excluding hydrogens is 150 g/mol. The van der Waals surface area contributed by atoms with Gasteiger partial charge >= 0.3 is 0 Å². The molecule has 1 amide bonds. The Morgan fingerprint density at radius 3 is 2.25 bits per heavy atom. The zero-order valence-corrected chi connectivity index (χ0v) is 8.76. The number of nitrogens with zero attached hydrogens (tertiary/aromatic N) is 1. The van der Waals surface area contributed by atoms with Gasteiger partial charge in [-0.05, 0) is 12.8 Å². The van der Waals surface area contributed by atoms with Gasteiger partial charge in [-0.25, -0.2) is 0 Å². The van der Waals surface area contributed by atoms with Crippen LogP contribution in [0.25, 0.3) is 0 Å². The first-order chi connectivity index (χ1) is 5.77. The second-order valence-electron chi connectivity index (χ2n) is 2.91. The molecule has 1 saturated heterocycles. The van der Waals surface area contributed by atoms with Crippen LogP contribution in [0.2, 0.25) is 0 Å². The molecule has 0 saturated carbocycles. The van der Waals surface area contributed by atoms with Crippen LogP contribution in [0, 0.1) is 5.92 Å². The minimum Gasteiger partial charge on any atom is -0.343 e. The van der Waals surface area contributed by atoms with Crippen LogP contribution in [0.3, 0.4) is 0 Å². The van der Waals surface area contributed by atoms with Crippen LogP contribution in [-0.4, -0.2) is 23.9 Å². The monoisotopic (exact) mass is 171 g/mol. The summed E-state index contributed by atoms with van der Waals surface area (Å²) < 4.78 is 0. The van der Waals surface area contributed by atoms with E-state index in [9.17, 15) is 4.79 Å². The lowest BCUT2D eigenvalue weighted by Gasteiger charge is -2.12. The normalized spacial score (nSPS) is 22.2. The van der Waals surface area contributed by atoms with Crippen molar-refractivity contribution in [3.05, 3.63) is 0 Å². The summed E-state index contributed by atoms with van der Waals surface area (Å²) in [6.07, 6.45) is 1.92. The van der Waals surface area contributed by atoms with E-state index < -0.39 is 0 Å². The summed E-state index contributed by atoms with van der Waals surface area (Å²) in [5.41, 5.74) is 0. The Kier molecular flexibility index (Phi) is 5.77. The summed E-state index contributed by atoms with van der Waals surface area (Å²) in [5, 5.41) is 0. The molecule has 0 aromatic heterocycles. The van der Waals surface area contributed by atoms with Crippen molar-refractivity contribution >= 4 is 5.91 Å². The summed E-state index contributed by atoms with van der Waals surface area (Å²) in [5.74, 6) is 0.974. The molecule has 2 heteroatoms. The maximum atomic E-state index is 11.1. The Morgan fingerprint density at radius 2 is 2.00 bits per heavy atom. The Balaban J connectivity index is 0.000000561. The fraction of sp³-hybridized carbons (Fsp3) is 0.900. The van der Waals surface area contributed by atoms with Crippen LogP contribution >= 0.6 is 0 Å². The van der Waals surface area contributed by atoms with Crippen LogP contribution in [0.4, 0.5) is 0 Å². The van der Waals surface area contributed by atoms with Gasteiger partial charge in [0.2, 0.25) is 5.91 Å². The number of amides is 1. The molecule has 0 spiro atoms. The third-order valence-electron chi connectivity index (χ3n) is 2.25. The van der Waals surface area contributed by atoms with Gasteiger partial charge in [0.05, 0.1) is 0 Å². The summed E-state index contributed by atoms with van der Waals surface area (Å²) in [6.45, 7) is 10.1. The van der Waals surface area contributed by atoms with Crippen LogP contribution in [0.1, 0.15) is 40.5 Å². The quantitative estimate of drug-likeness (QED) is 0.624. The van der Waals surface area contributed by atoms with Crippen molar-refractivity contribution in [3.8, 4) is 0 Å². The van der Waals surface area contributed by atoms with Gasteiger partial charge in [-0.2, -0.15) is 0 Å². The Hall–Kier alpha value is -0.530. The highest BCUT2D eigenvalue weighted by Gasteiger charge is 2.26. The molecule has 0 radical (unpaired) electrons. The lowest BCUT2D eigenvalue weighted by Crippen LogP contribution is -2.24. The van der Waals surface area contributed by atoms with Crippen LogP contribution in [-0.2, 0) is 4.79 Å². The van der Waals surface area contributed by atoms with Gasteiger partial charge in [-0.15, -0.1) is 0 Å². The molecule has 0 aliphatic carbocycles. The van der Waals surface area contributed by atoms with E-state index in [0.717, 1.165) is 25.9 Å². The fourth-order valence-corrected chi connectivity index (χ4v) is 1.43. The third kappa shape index (κ3) is 2.84. The second-order valence-corrected chi connectivity index (χ2v) is 2.91. The van der Waals surface area contributed by atoms with E-state index in [2.05, 4.69) is 6.92 Å². The number of hydrogen-bond donors (Lipinski definition) is 0. The lowest BCUT2D eigenvalue weighted by molar-refractivity contribution is -0.127. The van der Waals surface area contributed by atoms with Crippen LogP contribution in [0.5, 0.6) is 0 Å². The summed E-state index contributed by atoms with van der Waals surface area (Å²) in [7, 11) is 0. The first kappa shape index (κ1) is 11.5. The van der Waals surface area contributed by atoms with Crippen molar-refractivity contribution in [1.29, 1.82) is 0 Å². The zero-order chi connectivity index (χ0) is 9.56. The standard InChI is InChI=1S/C8H15NO.C2H6/c1-3-7-5-8(10)9(4-2)6-7;1-2/h7H,3-6H2,1-2H3;1-2H3. The average molecular weight is 171 g/mol. The Morgan fingerprint density at radius 1 is 1.42 bits per heavy atom. The van der Waals surface area contributed by atoms with Crippen molar-refractivity contribution in [1.82, 2.24) is 4.90 Å². The van der Waals surface area contributed by atoms with E-state index >= 15 is 0 Å². The van der Waals surface area contributed by atoms with Crippen molar-refractivity contribution in [2.75, 3.05) is 13.1 Å². The van der Waals surface area contributed by atoms with Crippen molar-refractivity contribution in [2.45, 2.75) is 40.5 Å². The van der Waals surface area contributed by atoms with E-state index in [4.69, 9.17) is 0 Å². The highest BCUT2D eigenvalue weighted by molar-refractivity contribution is 5.78. The molecule has 1 unspecified atom stereocenters. The molecule has 2 nitrogen and oxygen atoms in total. The summed E-state index contributed by atoms with van der Waals surface area (Å²) >= 11 is 0. The maximum Gasteiger partial charge on any atom is 0.222 e. The molecule has 0 bridgehead atoms. The third-order valence-corrected chi connectivity index (χ3v) is 2.25. The molecule has 72 valence electrons. The van der Waals surface area contributed by atoms with Crippen molar-refractivity contribution in [3.63, 3.8) is 0 Å². The fourth-order valence-electron chi connectivity index (χ4n) is 1.43. The second kappa shape index (κ2) is 6.04. The van der Waals surface area contributed by atoms with Crippen molar-refractivity contribution in [2.24, 2.45) is 5.92 Å². The highest BCUT2D eigenvalue weighted by atomic mass is 16.2. The first-order valence-corrected chi connectivity index (χ1v) is 5.05. The minimum atomic E-state index is 0.342. The van der Waals surface area contributed by atoms with Gasteiger partial charge in [-0.1, -0.05) is 27.2 Å². The molecule has 1 aliphatic rings. The summed E-state index contributed by atoms with van der Waals surface area (Å²) in [4.78, 5) is 13.0. The minimum absolute atomic E-state index is 0.342. The predicted molar refractivity (Wildman–Crippen MR) is 52.0 cm³/mol. The lowest BCUT2D eigenvalue weighted by atomic mass is 10.1. The van der Waals surface area contributed by atoms with Crippen molar-refractivity contribution < 1.29 is 4.79 Å². The molecular formula is C10H21NO. The van der Waals surface area contributed by atoms with Crippen LogP contribution < -0.4 is 0 Å². The van der Waals surface area contributed by atoms with E-state index in [1.165, 1.54) is 0 Å². The molecule has 1 aliphatic heterocycles. The van der Waals surface area contributed by atoms with Gasteiger partial charge in [0, 0.05) is 19.5 Å². The smallest absolute Gasteiger partial charge is 0.222 e. The highest BCUT2D eigenvalue weighted by Crippen LogP contribution is 2.19. The van der Waals surface area contributed by atoms with Gasteiger partial charge in [0.15, 0.2) is 0 Å². The molecule has 0 aromatic carbocycles. The molecule has 0 N–H and O–H groups in total. The molecule has 1 rings (SSSR count). The largest absolute Gasteiger partial charge is 0.343 e. The topological polar surface area (TPSA) is 20.3 Å². The van der Waals surface area contributed by atoms with E-state index in [0.29, 0.717) is 11.8 Å². The Labute approximate surface area is 75.9 Å². The van der Waals surface area contributed by atoms with E-state index in [1.54, 1.807) is 0 Å². The molecule has 1 heterocycles. The van der Waals surface area contributed by atoms with Gasteiger partial charge in [0.1, 0.15) is 0 Å². The number of carbonyl (C=O) groups is 1. The van der Waals surface area contributed by atoms with Gasteiger partial charge in [0.25, 0.3) is 0 Å². The molecule has 1 fully saturated rings. The number of likely N-dealkylation sites (tertiary alicyclic amines) is 1. The molecule has 0 aromatic rings.